The van der Waals surface area contributed by atoms with Gasteiger partial charge in [-0.05, 0) is 39.2 Å². The molecule has 1 aromatic carbocycles. The predicted molar refractivity (Wildman–Crippen MR) is 89.2 cm³/mol. The van der Waals surface area contributed by atoms with Crippen molar-refractivity contribution in [1.29, 1.82) is 0 Å². The van der Waals surface area contributed by atoms with Gasteiger partial charge >= 0.3 is 12.2 Å². The summed E-state index contributed by atoms with van der Waals surface area (Å²) >= 11 is 0. The number of ether oxygens (including phenoxy) is 2. The van der Waals surface area contributed by atoms with Gasteiger partial charge in [0, 0.05) is 0 Å². The maximum Gasteiger partial charge on any atom is 0.426 e. The lowest BCUT2D eigenvalue weighted by molar-refractivity contribution is -0.125. The van der Waals surface area contributed by atoms with Crippen molar-refractivity contribution in [2.24, 2.45) is 0 Å². The zero-order valence-corrected chi connectivity index (χ0v) is 14.5. The van der Waals surface area contributed by atoms with Crippen LogP contribution in [0.15, 0.2) is 30.3 Å². The molecular weight excluding hydrogens is 326 g/mol. The summed E-state index contributed by atoms with van der Waals surface area (Å²) in [6.45, 7) is 5.24. The molecule has 3 amide bonds. The van der Waals surface area contributed by atoms with E-state index in [9.17, 15) is 14.4 Å². The summed E-state index contributed by atoms with van der Waals surface area (Å²) in [6.07, 6.45) is -0.526. The second kappa shape index (κ2) is 7.42. The average Bonchev–Trinajstić information content (AvgIpc) is 3.31. The molecule has 0 radical (unpaired) electrons. The Hall–Kier alpha value is -2.77. The first-order valence-corrected chi connectivity index (χ1v) is 7.98. The molecule has 1 aliphatic rings. The van der Waals surface area contributed by atoms with Crippen molar-refractivity contribution < 1.29 is 23.9 Å². The molecule has 0 unspecified atom stereocenters. The van der Waals surface area contributed by atoms with E-state index in [1.54, 1.807) is 20.8 Å². The molecule has 1 fully saturated rings. The number of alkyl carbamates (subject to hydrolysis) is 1. The van der Waals surface area contributed by atoms with E-state index in [1.165, 1.54) is 0 Å². The highest BCUT2D eigenvalue weighted by Gasteiger charge is 2.52. The van der Waals surface area contributed by atoms with Gasteiger partial charge in [-0.3, -0.25) is 10.2 Å². The van der Waals surface area contributed by atoms with E-state index in [0.29, 0.717) is 12.8 Å². The number of nitrogens with one attached hydrogen (secondary N) is 3. The molecule has 8 nitrogen and oxygen atoms in total. The van der Waals surface area contributed by atoms with E-state index in [0.717, 1.165) is 5.56 Å². The van der Waals surface area contributed by atoms with Crippen LogP contribution in [0, 0.1) is 0 Å². The van der Waals surface area contributed by atoms with Crippen molar-refractivity contribution in [3.05, 3.63) is 35.9 Å². The number of amides is 3. The standard InChI is InChI=1S/C17H23N3O5/c1-16(2,3)25-15(23)20-19-13(21)17(9-10-17)18-14(22)24-11-12-7-5-4-6-8-12/h4-8H,9-11H2,1-3H3,(H,18,22)(H,19,21)(H,20,23). The fraction of sp³-hybridized carbons (Fsp3) is 0.471. The minimum atomic E-state index is -1.05. The Labute approximate surface area is 146 Å². The van der Waals surface area contributed by atoms with E-state index in [4.69, 9.17) is 9.47 Å². The van der Waals surface area contributed by atoms with Gasteiger partial charge in [-0.2, -0.15) is 0 Å². The molecule has 25 heavy (non-hydrogen) atoms. The van der Waals surface area contributed by atoms with Gasteiger partial charge in [-0.15, -0.1) is 0 Å². The van der Waals surface area contributed by atoms with Crippen molar-refractivity contribution in [3.8, 4) is 0 Å². The molecule has 136 valence electrons. The lowest BCUT2D eigenvalue weighted by Crippen LogP contribution is -2.54. The summed E-state index contributed by atoms with van der Waals surface area (Å²) in [5.41, 5.74) is 3.53. The summed E-state index contributed by atoms with van der Waals surface area (Å²) in [7, 11) is 0. The summed E-state index contributed by atoms with van der Waals surface area (Å²) in [4.78, 5) is 35.6. The molecule has 1 aliphatic carbocycles. The van der Waals surface area contributed by atoms with E-state index >= 15 is 0 Å². The second-order valence-electron chi connectivity index (χ2n) is 6.85. The fourth-order valence-corrected chi connectivity index (χ4v) is 2.02. The highest BCUT2D eigenvalue weighted by molar-refractivity contribution is 5.93. The van der Waals surface area contributed by atoms with Crippen LogP contribution in [0.3, 0.4) is 0 Å². The van der Waals surface area contributed by atoms with Crippen LogP contribution in [0.1, 0.15) is 39.2 Å². The summed E-state index contributed by atoms with van der Waals surface area (Å²) in [6, 6.07) is 9.21. The first kappa shape index (κ1) is 18.6. The molecule has 1 aromatic rings. The Morgan fingerprint density at radius 2 is 1.68 bits per heavy atom. The number of carbonyl (C=O) groups excluding carboxylic acids is 3. The van der Waals surface area contributed by atoms with Gasteiger partial charge in [0.15, 0.2) is 0 Å². The van der Waals surface area contributed by atoms with Crippen molar-refractivity contribution >= 4 is 18.1 Å². The van der Waals surface area contributed by atoms with Gasteiger partial charge in [-0.1, -0.05) is 30.3 Å². The van der Waals surface area contributed by atoms with Crippen LogP contribution in [0.25, 0.3) is 0 Å². The molecule has 0 heterocycles. The van der Waals surface area contributed by atoms with Gasteiger partial charge in [0.2, 0.25) is 0 Å². The van der Waals surface area contributed by atoms with Crippen LogP contribution in [0.5, 0.6) is 0 Å². The predicted octanol–water partition coefficient (Wildman–Crippen LogP) is 2.00. The van der Waals surface area contributed by atoms with Crippen molar-refractivity contribution in [1.82, 2.24) is 16.2 Å². The van der Waals surface area contributed by atoms with E-state index < -0.39 is 29.2 Å². The summed E-state index contributed by atoms with van der Waals surface area (Å²) in [5, 5.41) is 2.54. The normalized spacial score (nSPS) is 14.8. The highest BCUT2D eigenvalue weighted by Crippen LogP contribution is 2.35. The van der Waals surface area contributed by atoms with Crippen LogP contribution < -0.4 is 16.2 Å². The SMILES string of the molecule is CC(C)(C)OC(=O)NNC(=O)C1(NC(=O)OCc2ccccc2)CC1. The topological polar surface area (TPSA) is 106 Å². The Kier molecular flexibility index (Phi) is 5.51. The Balaban J connectivity index is 1.76. The number of hydrazine groups is 1. The van der Waals surface area contributed by atoms with Gasteiger partial charge < -0.3 is 14.8 Å². The first-order valence-electron chi connectivity index (χ1n) is 7.98. The monoisotopic (exact) mass is 349 g/mol. The molecule has 0 bridgehead atoms. The maximum atomic E-state index is 12.2. The average molecular weight is 349 g/mol. The van der Waals surface area contributed by atoms with Crippen LogP contribution in [0.2, 0.25) is 0 Å². The lowest BCUT2D eigenvalue weighted by atomic mass is 10.2. The summed E-state index contributed by atoms with van der Waals surface area (Å²) in [5.74, 6) is -0.518. The molecule has 3 N–H and O–H groups in total. The largest absolute Gasteiger partial charge is 0.445 e. The maximum absolute atomic E-state index is 12.2. The number of hydrogen-bond donors (Lipinski definition) is 3. The molecular formula is C17H23N3O5. The lowest BCUT2D eigenvalue weighted by Gasteiger charge is -2.21. The molecule has 0 saturated heterocycles. The Morgan fingerprint density at radius 3 is 2.24 bits per heavy atom. The first-order chi connectivity index (χ1) is 11.7. The minimum absolute atomic E-state index is 0.112. The number of benzene rings is 1. The third-order valence-corrected chi connectivity index (χ3v) is 3.42. The molecule has 8 heteroatoms. The van der Waals surface area contributed by atoms with Crippen molar-refractivity contribution in [2.75, 3.05) is 0 Å². The zero-order valence-electron chi connectivity index (χ0n) is 14.5. The zero-order chi connectivity index (χ0) is 18.5. The molecule has 1 saturated carbocycles. The molecule has 0 aliphatic heterocycles. The van der Waals surface area contributed by atoms with E-state index in [-0.39, 0.29) is 6.61 Å². The van der Waals surface area contributed by atoms with E-state index in [1.807, 2.05) is 30.3 Å². The van der Waals surface area contributed by atoms with E-state index in [2.05, 4.69) is 16.2 Å². The third-order valence-electron chi connectivity index (χ3n) is 3.42. The van der Waals surface area contributed by atoms with Crippen LogP contribution in [0.4, 0.5) is 9.59 Å². The van der Waals surface area contributed by atoms with Crippen molar-refractivity contribution in [2.45, 2.75) is 51.4 Å². The fourth-order valence-electron chi connectivity index (χ4n) is 2.02. The van der Waals surface area contributed by atoms with Gasteiger partial charge in [0.1, 0.15) is 17.7 Å². The van der Waals surface area contributed by atoms with Crippen molar-refractivity contribution in [3.63, 3.8) is 0 Å². The third kappa shape index (κ3) is 5.98. The van der Waals surface area contributed by atoms with Gasteiger partial charge in [-0.25, -0.2) is 15.0 Å². The highest BCUT2D eigenvalue weighted by atomic mass is 16.6. The molecule has 0 aromatic heterocycles. The quantitative estimate of drug-likeness (QED) is 0.721. The van der Waals surface area contributed by atoms with Gasteiger partial charge in [0.25, 0.3) is 5.91 Å². The summed E-state index contributed by atoms with van der Waals surface area (Å²) < 4.78 is 10.1. The van der Waals surface area contributed by atoms with Crippen LogP contribution in [-0.2, 0) is 20.9 Å². The second-order valence-corrected chi connectivity index (χ2v) is 6.85. The number of hydrogen-bond acceptors (Lipinski definition) is 5. The van der Waals surface area contributed by atoms with Gasteiger partial charge in [0.05, 0.1) is 0 Å². The van der Waals surface area contributed by atoms with Crippen LogP contribution >= 0.6 is 0 Å². The Morgan fingerprint density at radius 1 is 1.04 bits per heavy atom. The molecule has 0 spiro atoms. The number of carbonyl (C=O) groups is 3. The Bertz CT molecular complexity index is 635. The smallest absolute Gasteiger partial charge is 0.426 e. The minimum Gasteiger partial charge on any atom is -0.445 e. The number of rotatable bonds is 4. The van der Waals surface area contributed by atoms with Crippen LogP contribution in [-0.4, -0.2) is 29.2 Å². The molecule has 0 atom stereocenters. The molecule has 2 rings (SSSR count).